The van der Waals surface area contributed by atoms with Crippen molar-refractivity contribution in [1.29, 1.82) is 0 Å². The Hall–Kier alpha value is -1.07. The van der Waals surface area contributed by atoms with Gasteiger partial charge in [0.15, 0.2) is 0 Å². The molecule has 0 saturated carbocycles. The van der Waals surface area contributed by atoms with Gasteiger partial charge in [-0.15, -0.1) is 0 Å². The molecule has 0 aliphatic rings. The van der Waals surface area contributed by atoms with Crippen LogP contribution < -0.4 is 5.73 Å². The van der Waals surface area contributed by atoms with Crippen molar-refractivity contribution >= 4 is 5.97 Å². The molecule has 58 valence electrons. The molecular formula is C5H9NO4. The van der Waals surface area contributed by atoms with Crippen molar-refractivity contribution in [2.75, 3.05) is 0 Å². The molecule has 0 aromatic heterocycles. The number of hydrogen-bond acceptors (Lipinski definition) is 4. The lowest BCUT2D eigenvalue weighted by Gasteiger charge is -2.04. The van der Waals surface area contributed by atoms with Crippen molar-refractivity contribution in [3.05, 3.63) is 12.3 Å². The summed E-state index contributed by atoms with van der Waals surface area (Å²) >= 11 is 0. The highest BCUT2D eigenvalue weighted by Crippen LogP contribution is 2.00. The first-order valence-corrected chi connectivity index (χ1v) is 2.55. The molecule has 0 amide bonds. The summed E-state index contributed by atoms with van der Waals surface area (Å²) < 4.78 is 0. The topological polar surface area (TPSA) is 92.8 Å². The van der Waals surface area contributed by atoms with E-state index in [-0.39, 0.29) is 12.2 Å². The van der Waals surface area contributed by atoms with Gasteiger partial charge in [-0.25, -0.2) is 5.26 Å². The first-order valence-electron chi connectivity index (χ1n) is 2.55. The highest BCUT2D eigenvalue weighted by Gasteiger charge is 2.13. The van der Waals surface area contributed by atoms with Crippen LogP contribution in [0.2, 0.25) is 0 Å². The number of nitrogens with two attached hydrogens (primary N) is 1. The monoisotopic (exact) mass is 147 g/mol. The van der Waals surface area contributed by atoms with Crippen LogP contribution in [0.15, 0.2) is 12.3 Å². The molecule has 0 heterocycles. The van der Waals surface area contributed by atoms with Crippen LogP contribution in [0.3, 0.4) is 0 Å². The van der Waals surface area contributed by atoms with Crippen molar-refractivity contribution in [1.82, 2.24) is 0 Å². The van der Waals surface area contributed by atoms with E-state index in [9.17, 15) is 4.79 Å². The summed E-state index contributed by atoms with van der Waals surface area (Å²) in [6, 6.07) is -1.07. The Labute approximate surface area is 57.6 Å². The Bertz CT molecular complexity index is 145. The van der Waals surface area contributed by atoms with Gasteiger partial charge in [0.2, 0.25) is 0 Å². The van der Waals surface area contributed by atoms with E-state index in [2.05, 4.69) is 11.5 Å². The molecule has 0 fully saturated rings. The fourth-order valence-corrected chi connectivity index (χ4v) is 0.370. The Morgan fingerprint density at radius 3 is 2.60 bits per heavy atom. The van der Waals surface area contributed by atoms with E-state index in [1.165, 1.54) is 0 Å². The number of hydrogen-bond donors (Lipinski definition) is 3. The lowest BCUT2D eigenvalue weighted by atomic mass is 10.2. The van der Waals surface area contributed by atoms with Crippen LogP contribution >= 0.6 is 0 Å². The minimum Gasteiger partial charge on any atom is -0.480 e. The molecule has 0 aromatic carbocycles. The van der Waals surface area contributed by atoms with E-state index in [4.69, 9.17) is 16.1 Å². The van der Waals surface area contributed by atoms with Crippen LogP contribution in [0, 0.1) is 0 Å². The minimum absolute atomic E-state index is 0.0603. The average molecular weight is 147 g/mol. The zero-order chi connectivity index (χ0) is 8.15. The molecule has 0 radical (unpaired) electrons. The number of carbonyl (C=O) groups is 1. The minimum atomic E-state index is -1.15. The van der Waals surface area contributed by atoms with Crippen molar-refractivity contribution in [3.63, 3.8) is 0 Å². The summed E-state index contributed by atoms with van der Waals surface area (Å²) in [4.78, 5) is 13.7. The average Bonchev–Trinajstić information content (AvgIpc) is 1.87. The quantitative estimate of drug-likeness (QED) is 0.290. The zero-order valence-electron chi connectivity index (χ0n) is 5.28. The normalized spacial score (nSPS) is 12.2. The molecule has 1 atom stereocenters. The summed E-state index contributed by atoms with van der Waals surface area (Å²) in [5.74, 6) is -1.21. The first kappa shape index (κ1) is 8.93. The van der Waals surface area contributed by atoms with Crippen LogP contribution in [0.25, 0.3) is 0 Å². The summed E-state index contributed by atoms with van der Waals surface area (Å²) in [6.07, 6.45) is -0.0914. The van der Waals surface area contributed by atoms with Gasteiger partial charge in [-0.2, -0.15) is 0 Å². The zero-order valence-corrected chi connectivity index (χ0v) is 5.28. The molecule has 0 spiro atoms. The molecule has 0 aromatic rings. The van der Waals surface area contributed by atoms with E-state index >= 15 is 0 Å². The predicted molar refractivity (Wildman–Crippen MR) is 33.1 cm³/mol. The van der Waals surface area contributed by atoms with E-state index in [1.54, 1.807) is 0 Å². The van der Waals surface area contributed by atoms with Gasteiger partial charge in [0.1, 0.15) is 11.8 Å². The highest BCUT2D eigenvalue weighted by molar-refractivity contribution is 5.73. The number of aliphatic carboxylic acids is 1. The molecule has 0 bridgehead atoms. The molecule has 5 nitrogen and oxygen atoms in total. The second kappa shape index (κ2) is 3.86. The van der Waals surface area contributed by atoms with Crippen LogP contribution in [0.1, 0.15) is 6.42 Å². The smallest absolute Gasteiger partial charge is 0.320 e. The SMILES string of the molecule is C=C(CC(N)C(=O)O)OO. The standard InChI is InChI=1S/C5H9NO4/c1-3(10-9)2-4(6)5(7)8/h4,9H,1-2,6H2,(H,7,8). The molecule has 1 unspecified atom stereocenters. The maximum Gasteiger partial charge on any atom is 0.320 e. The molecule has 5 heteroatoms. The third-order valence-electron chi connectivity index (χ3n) is 0.894. The van der Waals surface area contributed by atoms with Gasteiger partial charge in [0, 0.05) is 6.42 Å². The molecule has 10 heavy (non-hydrogen) atoms. The van der Waals surface area contributed by atoms with Gasteiger partial charge >= 0.3 is 5.97 Å². The maximum atomic E-state index is 10.0. The van der Waals surface area contributed by atoms with E-state index < -0.39 is 12.0 Å². The largest absolute Gasteiger partial charge is 0.480 e. The lowest BCUT2D eigenvalue weighted by Crippen LogP contribution is -2.30. The Morgan fingerprint density at radius 1 is 1.80 bits per heavy atom. The summed E-state index contributed by atoms with van der Waals surface area (Å²) in [7, 11) is 0. The summed E-state index contributed by atoms with van der Waals surface area (Å²) in [5, 5.41) is 16.1. The number of rotatable bonds is 4. The third kappa shape index (κ3) is 3.06. The second-order valence-corrected chi connectivity index (χ2v) is 1.78. The van der Waals surface area contributed by atoms with Crippen molar-refractivity contribution in [3.8, 4) is 0 Å². The fourth-order valence-electron chi connectivity index (χ4n) is 0.370. The predicted octanol–water partition coefficient (Wildman–Crippen LogP) is -0.208. The first-order chi connectivity index (χ1) is 4.57. The maximum absolute atomic E-state index is 10.0. The molecule has 0 saturated heterocycles. The second-order valence-electron chi connectivity index (χ2n) is 1.78. The van der Waals surface area contributed by atoms with Gasteiger partial charge in [0.25, 0.3) is 0 Å². The van der Waals surface area contributed by atoms with Crippen LogP contribution in [0.4, 0.5) is 0 Å². The third-order valence-corrected chi connectivity index (χ3v) is 0.894. The molecule has 4 N–H and O–H groups in total. The van der Waals surface area contributed by atoms with Crippen molar-refractivity contribution in [2.24, 2.45) is 5.73 Å². The van der Waals surface area contributed by atoms with E-state index in [0.29, 0.717) is 0 Å². The van der Waals surface area contributed by atoms with Gasteiger partial charge in [0.05, 0.1) is 0 Å². The Kier molecular flexibility index (Phi) is 3.45. The van der Waals surface area contributed by atoms with Gasteiger partial charge in [-0.3, -0.25) is 4.79 Å². The lowest BCUT2D eigenvalue weighted by molar-refractivity contribution is -0.205. The van der Waals surface area contributed by atoms with Gasteiger partial charge in [-0.05, 0) is 0 Å². The molecular weight excluding hydrogens is 138 g/mol. The van der Waals surface area contributed by atoms with Crippen molar-refractivity contribution < 1.29 is 20.0 Å². The molecule has 0 aliphatic carbocycles. The fraction of sp³-hybridized carbons (Fsp3) is 0.400. The van der Waals surface area contributed by atoms with E-state index in [1.807, 2.05) is 0 Å². The number of carboxylic acid groups (broad SMARTS) is 1. The van der Waals surface area contributed by atoms with E-state index in [0.717, 1.165) is 0 Å². The van der Waals surface area contributed by atoms with Gasteiger partial charge in [-0.1, -0.05) is 6.58 Å². The Balaban J connectivity index is 3.68. The molecule has 0 rings (SSSR count). The van der Waals surface area contributed by atoms with Gasteiger partial charge < -0.3 is 15.7 Å². The molecule has 0 aliphatic heterocycles. The Morgan fingerprint density at radius 2 is 2.30 bits per heavy atom. The van der Waals surface area contributed by atoms with Crippen LogP contribution in [-0.4, -0.2) is 22.4 Å². The summed E-state index contributed by atoms with van der Waals surface area (Å²) in [5.41, 5.74) is 5.04. The van der Waals surface area contributed by atoms with Crippen molar-refractivity contribution in [2.45, 2.75) is 12.5 Å². The highest BCUT2D eigenvalue weighted by atomic mass is 17.1. The van der Waals surface area contributed by atoms with Crippen LogP contribution in [-0.2, 0) is 9.68 Å². The summed E-state index contributed by atoms with van der Waals surface area (Å²) in [6.45, 7) is 3.18. The number of carboxylic acids is 1. The van der Waals surface area contributed by atoms with Crippen LogP contribution in [0.5, 0.6) is 0 Å².